The summed E-state index contributed by atoms with van der Waals surface area (Å²) in [6.07, 6.45) is -0.0944. The van der Waals surface area contributed by atoms with Crippen molar-refractivity contribution in [1.82, 2.24) is 15.5 Å². The van der Waals surface area contributed by atoms with E-state index in [-0.39, 0.29) is 23.6 Å². The molecule has 1 amide bonds. The number of aromatic amines is 1. The van der Waals surface area contributed by atoms with Crippen molar-refractivity contribution in [1.29, 1.82) is 0 Å². The molecule has 0 aliphatic carbocycles. The number of amides is 1. The van der Waals surface area contributed by atoms with Crippen LogP contribution < -0.4 is 5.32 Å². The third kappa shape index (κ3) is 3.93. The van der Waals surface area contributed by atoms with Gasteiger partial charge in [0.25, 0.3) is 5.91 Å². The van der Waals surface area contributed by atoms with Gasteiger partial charge in [-0.25, -0.2) is 4.39 Å². The number of aryl methyl sites for hydroxylation is 1. The second-order valence-electron chi connectivity index (χ2n) is 5.19. The van der Waals surface area contributed by atoms with Crippen LogP contribution in [-0.2, 0) is 6.42 Å². The number of carbonyl (C=O) groups is 1. The first-order valence-electron chi connectivity index (χ1n) is 7.37. The van der Waals surface area contributed by atoms with E-state index in [0.717, 1.165) is 6.07 Å². The van der Waals surface area contributed by atoms with Crippen molar-refractivity contribution < 1.29 is 19.2 Å². The molecule has 9 heteroatoms. The second kappa shape index (κ2) is 7.64. The molecule has 1 aromatic carbocycles. The van der Waals surface area contributed by atoms with Crippen molar-refractivity contribution in [3.05, 3.63) is 57.1 Å². The van der Waals surface area contributed by atoms with Crippen molar-refractivity contribution in [2.75, 3.05) is 6.54 Å². The maximum Gasteiger partial charge on any atom is 0.322 e. The molecule has 3 N–H and O–H groups in total. The molecule has 0 saturated carbocycles. The Kier molecular flexibility index (Phi) is 5.59. The van der Waals surface area contributed by atoms with Gasteiger partial charge in [0, 0.05) is 6.54 Å². The van der Waals surface area contributed by atoms with Crippen LogP contribution in [0.5, 0.6) is 0 Å². The third-order valence-corrected chi connectivity index (χ3v) is 3.40. The zero-order valence-electron chi connectivity index (χ0n) is 13.0. The summed E-state index contributed by atoms with van der Waals surface area (Å²) in [5.74, 6) is -1.29. The van der Waals surface area contributed by atoms with Crippen LogP contribution in [0, 0.1) is 15.9 Å². The van der Waals surface area contributed by atoms with E-state index in [9.17, 15) is 24.4 Å². The van der Waals surface area contributed by atoms with E-state index in [1.165, 1.54) is 18.2 Å². The molecule has 2 aromatic rings. The zero-order chi connectivity index (χ0) is 17.7. The molecule has 1 unspecified atom stereocenters. The zero-order valence-corrected chi connectivity index (χ0v) is 13.0. The second-order valence-corrected chi connectivity index (χ2v) is 5.19. The Labute approximate surface area is 136 Å². The molecule has 0 bridgehead atoms. The molecule has 0 aliphatic rings. The fraction of sp³-hybridized carbons (Fsp3) is 0.333. The lowest BCUT2D eigenvalue weighted by Crippen LogP contribution is -2.29. The molecule has 0 aliphatic heterocycles. The van der Waals surface area contributed by atoms with Crippen molar-refractivity contribution in [3.8, 4) is 0 Å². The summed E-state index contributed by atoms with van der Waals surface area (Å²) in [4.78, 5) is 22.6. The Bertz CT molecular complexity index is 747. The van der Waals surface area contributed by atoms with Crippen LogP contribution in [0.1, 0.15) is 41.2 Å². The average molecular weight is 336 g/mol. The highest BCUT2D eigenvalue weighted by Gasteiger charge is 2.28. The van der Waals surface area contributed by atoms with Crippen LogP contribution >= 0.6 is 0 Å². The van der Waals surface area contributed by atoms with Gasteiger partial charge in [0.2, 0.25) is 5.69 Å². The molecule has 128 valence electrons. The molecule has 24 heavy (non-hydrogen) atoms. The summed E-state index contributed by atoms with van der Waals surface area (Å²) in [5, 5.41) is 29.7. The van der Waals surface area contributed by atoms with Gasteiger partial charge in [0.15, 0.2) is 0 Å². The standard InChI is InChI=1S/C15H17FN4O4/c1-2-4-11-14(20(23)24)13(19-18-11)15(22)17-8-12(21)9-5-3-6-10(16)7-9/h3,5-7,12,21H,2,4,8H2,1H3,(H,17,22)(H,18,19). The number of rotatable bonds is 7. The quantitative estimate of drug-likeness (QED) is 0.526. The predicted molar refractivity (Wildman–Crippen MR) is 82.9 cm³/mol. The number of hydrogen-bond acceptors (Lipinski definition) is 5. The Morgan fingerprint density at radius 3 is 2.92 bits per heavy atom. The largest absolute Gasteiger partial charge is 0.387 e. The van der Waals surface area contributed by atoms with Gasteiger partial charge in [0.05, 0.1) is 11.0 Å². The Morgan fingerprint density at radius 2 is 2.29 bits per heavy atom. The monoisotopic (exact) mass is 336 g/mol. The van der Waals surface area contributed by atoms with Gasteiger partial charge in [-0.3, -0.25) is 20.0 Å². The van der Waals surface area contributed by atoms with Crippen LogP contribution in [0.3, 0.4) is 0 Å². The summed E-state index contributed by atoms with van der Waals surface area (Å²) in [5.41, 5.74) is -0.138. The van der Waals surface area contributed by atoms with Gasteiger partial charge in [0.1, 0.15) is 11.5 Å². The highest BCUT2D eigenvalue weighted by atomic mass is 19.1. The van der Waals surface area contributed by atoms with Gasteiger partial charge in [-0.15, -0.1) is 0 Å². The maximum absolute atomic E-state index is 13.1. The van der Waals surface area contributed by atoms with Crippen LogP contribution in [0.15, 0.2) is 24.3 Å². The minimum atomic E-state index is -1.14. The van der Waals surface area contributed by atoms with E-state index in [1.54, 1.807) is 0 Å². The van der Waals surface area contributed by atoms with Crippen molar-refractivity contribution in [2.45, 2.75) is 25.9 Å². The smallest absolute Gasteiger partial charge is 0.322 e. The number of carbonyl (C=O) groups excluding carboxylic acids is 1. The normalized spacial score (nSPS) is 12.0. The van der Waals surface area contributed by atoms with Crippen LogP contribution in [0.2, 0.25) is 0 Å². The van der Waals surface area contributed by atoms with Gasteiger partial charge in [-0.05, 0) is 24.1 Å². The molecular formula is C15H17FN4O4. The number of H-pyrrole nitrogens is 1. The number of aromatic nitrogens is 2. The topological polar surface area (TPSA) is 121 Å². The first-order chi connectivity index (χ1) is 11.4. The van der Waals surface area contributed by atoms with Crippen LogP contribution in [0.4, 0.5) is 10.1 Å². The van der Waals surface area contributed by atoms with E-state index in [1.807, 2.05) is 6.92 Å². The van der Waals surface area contributed by atoms with Crippen molar-refractivity contribution in [3.63, 3.8) is 0 Å². The highest BCUT2D eigenvalue weighted by Crippen LogP contribution is 2.22. The average Bonchev–Trinajstić information content (AvgIpc) is 2.96. The maximum atomic E-state index is 13.1. The Morgan fingerprint density at radius 1 is 1.54 bits per heavy atom. The molecule has 0 saturated heterocycles. The Hall–Kier alpha value is -2.81. The lowest BCUT2D eigenvalue weighted by molar-refractivity contribution is -0.385. The van der Waals surface area contributed by atoms with Gasteiger partial charge < -0.3 is 10.4 Å². The number of hydrogen-bond donors (Lipinski definition) is 3. The number of aliphatic hydroxyl groups is 1. The molecule has 0 radical (unpaired) electrons. The summed E-state index contributed by atoms with van der Waals surface area (Å²) in [7, 11) is 0. The molecule has 8 nitrogen and oxygen atoms in total. The minimum absolute atomic E-state index is 0.227. The first-order valence-corrected chi connectivity index (χ1v) is 7.37. The lowest BCUT2D eigenvalue weighted by Gasteiger charge is -2.11. The van der Waals surface area contributed by atoms with E-state index in [2.05, 4.69) is 15.5 Å². The van der Waals surface area contributed by atoms with E-state index in [0.29, 0.717) is 18.4 Å². The predicted octanol–water partition coefficient (Wildman–Crippen LogP) is 1.87. The summed E-state index contributed by atoms with van der Waals surface area (Å²) in [6.45, 7) is 1.62. The lowest BCUT2D eigenvalue weighted by atomic mass is 10.1. The molecule has 1 aromatic heterocycles. The van der Waals surface area contributed by atoms with E-state index < -0.39 is 22.8 Å². The summed E-state index contributed by atoms with van der Waals surface area (Å²) in [6, 6.07) is 5.33. The molecule has 2 rings (SSSR count). The van der Waals surface area contributed by atoms with E-state index >= 15 is 0 Å². The van der Waals surface area contributed by atoms with Gasteiger partial charge in [-0.1, -0.05) is 25.5 Å². The van der Waals surface area contributed by atoms with E-state index in [4.69, 9.17) is 0 Å². The molecule has 1 heterocycles. The number of nitro groups is 1. The Balaban J connectivity index is 2.09. The molecule has 0 fully saturated rings. The fourth-order valence-electron chi connectivity index (χ4n) is 2.26. The number of nitrogens with one attached hydrogen (secondary N) is 2. The number of halogens is 1. The fourth-order valence-corrected chi connectivity index (χ4v) is 2.26. The van der Waals surface area contributed by atoms with Crippen LogP contribution in [0.25, 0.3) is 0 Å². The number of nitrogens with zero attached hydrogens (tertiary/aromatic N) is 2. The molecule has 0 spiro atoms. The number of aliphatic hydroxyl groups excluding tert-OH is 1. The highest BCUT2D eigenvalue weighted by molar-refractivity contribution is 5.96. The molecular weight excluding hydrogens is 319 g/mol. The summed E-state index contributed by atoms with van der Waals surface area (Å²) >= 11 is 0. The van der Waals surface area contributed by atoms with Crippen molar-refractivity contribution in [2.24, 2.45) is 0 Å². The van der Waals surface area contributed by atoms with Gasteiger partial charge in [-0.2, -0.15) is 5.10 Å². The number of benzene rings is 1. The SMILES string of the molecule is CCCc1[nH]nc(C(=O)NCC(O)c2cccc(F)c2)c1[N+](=O)[O-]. The molecule has 1 atom stereocenters. The third-order valence-electron chi connectivity index (χ3n) is 3.40. The van der Waals surface area contributed by atoms with Crippen LogP contribution in [-0.4, -0.2) is 32.7 Å². The van der Waals surface area contributed by atoms with Crippen molar-refractivity contribution >= 4 is 11.6 Å². The van der Waals surface area contributed by atoms with Gasteiger partial charge >= 0.3 is 5.69 Å². The first kappa shape index (κ1) is 17.5. The summed E-state index contributed by atoms with van der Waals surface area (Å²) < 4.78 is 13.1. The minimum Gasteiger partial charge on any atom is -0.387 e.